The predicted molar refractivity (Wildman–Crippen MR) is 74.8 cm³/mol. The first kappa shape index (κ1) is 14.6. The molecule has 110 valence electrons. The van der Waals surface area contributed by atoms with Gasteiger partial charge in [-0.25, -0.2) is 4.79 Å². The van der Waals surface area contributed by atoms with Crippen LogP contribution in [-0.4, -0.2) is 52.6 Å². The molecule has 1 aliphatic rings. The van der Waals surface area contributed by atoms with Crippen molar-refractivity contribution in [2.45, 2.75) is 25.8 Å². The Morgan fingerprint density at radius 2 is 2.10 bits per heavy atom. The highest BCUT2D eigenvalue weighted by molar-refractivity contribution is 5.85. The molecule has 0 aromatic carbocycles. The molecule has 0 radical (unpaired) electrons. The Kier molecular flexibility index (Phi) is 4.79. The third-order valence-electron chi connectivity index (χ3n) is 3.75. The van der Waals surface area contributed by atoms with E-state index in [1.165, 1.54) is 6.92 Å². The maximum Gasteiger partial charge on any atom is 0.352 e. The largest absolute Gasteiger partial charge is 0.477 e. The molecule has 6 heteroatoms. The molecule has 0 spiro atoms. The van der Waals surface area contributed by atoms with Crippen LogP contribution in [0.25, 0.3) is 0 Å². The van der Waals surface area contributed by atoms with Gasteiger partial charge in [0.15, 0.2) is 0 Å². The first-order valence-corrected chi connectivity index (χ1v) is 6.95. The lowest BCUT2D eigenvalue weighted by atomic mass is 10.0. The lowest BCUT2D eigenvalue weighted by Crippen LogP contribution is -2.39. The number of carbonyl (C=O) groups excluding carboxylic acids is 1. The van der Waals surface area contributed by atoms with E-state index >= 15 is 0 Å². The molecule has 0 atom stereocenters. The summed E-state index contributed by atoms with van der Waals surface area (Å²) in [6.45, 7) is 4.91. The van der Waals surface area contributed by atoms with Gasteiger partial charge in [0.05, 0.1) is 0 Å². The predicted octanol–water partition coefficient (Wildman–Crippen LogP) is 0.959. The van der Waals surface area contributed by atoms with Crippen LogP contribution in [0.5, 0.6) is 0 Å². The fourth-order valence-electron chi connectivity index (χ4n) is 2.70. The Hall–Kier alpha value is -1.82. The fourth-order valence-corrected chi connectivity index (χ4v) is 2.70. The van der Waals surface area contributed by atoms with Crippen molar-refractivity contribution in [2.24, 2.45) is 0 Å². The van der Waals surface area contributed by atoms with Crippen LogP contribution in [-0.2, 0) is 4.79 Å². The number of aromatic carboxylic acids is 1. The molecule has 2 rings (SSSR count). The summed E-state index contributed by atoms with van der Waals surface area (Å²) in [5, 5.41) is 11.9. The maximum atomic E-state index is 11.1. The Balaban J connectivity index is 1.83. The number of hydrogen-bond donors (Lipinski definition) is 2. The second kappa shape index (κ2) is 6.56. The lowest BCUT2D eigenvalue weighted by molar-refractivity contribution is -0.119. The highest BCUT2D eigenvalue weighted by atomic mass is 16.4. The monoisotopic (exact) mass is 279 g/mol. The van der Waals surface area contributed by atoms with Crippen molar-refractivity contribution >= 4 is 11.9 Å². The molecular weight excluding hydrogens is 258 g/mol. The van der Waals surface area contributed by atoms with Gasteiger partial charge in [0.1, 0.15) is 5.69 Å². The summed E-state index contributed by atoms with van der Waals surface area (Å²) in [6.07, 6.45) is 3.73. The van der Waals surface area contributed by atoms with Crippen LogP contribution < -0.4 is 5.32 Å². The van der Waals surface area contributed by atoms with E-state index in [2.05, 4.69) is 10.2 Å². The quantitative estimate of drug-likeness (QED) is 0.842. The summed E-state index contributed by atoms with van der Waals surface area (Å²) in [6, 6.07) is 3.69. The lowest BCUT2D eigenvalue weighted by Gasteiger charge is -2.33. The van der Waals surface area contributed by atoms with E-state index in [1.54, 1.807) is 12.1 Å². The van der Waals surface area contributed by atoms with Crippen LogP contribution in [0, 0.1) is 0 Å². The van der Waals surface area contributed by atoms with Gasteiger partial charge in [0.2, 0.25) is 5.91 Å². The fraction of sp³-hybridized carbons (Fsp3) is 0.571. The first-order chi connectivity index (χ1) is 9.58. The molecule has 1 aliphatic heterocycles. The summed E-state index contributed by atoms with van der Waals surface area (Å²) in [7, 11) is 0. The maximum absolute atomic E-state index is 11.1. The smallest absolute Gasteiger partial charge is 0.352 e. The molecule has 0 unspecified atom stereocenters. The van der Waals surface area contributed by atoms with Crippen LogP contribution in [0.15, 0.2) is 18.3 Å². The average Bonchev–Trinajstić information content (AvgIpc) is 2.88. The molecule has 1 amide bonds. The number of hydrogen-bond acceptors (Lipinski definition) is 3. The number of carboxylic acids is 1. The third kappa shape index (κ3) is 3.60. The van der Waals surface area contributed by atoms with Crippen LogP contribution in [0.1, 0.15) is 36.3 Å². The van der Waals surface area contributed by atoms with Gasteiger partial charge in [-0.05, 0) is 25.0 Å². The molecule has 1 aromatic rings. The molecule has 1 saturated heterocycles. The number of nitrogens with zero attached hydrogens (tertiary/aromatic N) is 2. The molecule has 20 heavy (non-hydrogen) atoms. The van der Waals surface area contributed by atoms with Gasteiger partial charge < -0.3 is 19.9 Å². The zero-order chi connectivity index (χ0) is 14.5. The van der Waals surface area contributed by atoms with Crippen molar-refractivity contribution in [2.75, 3.05) is 26.2 Å². The van der Waals surface area contributed by atoms with Crippen molar-refractivity contribution in [3.63, 3.8) is 0 Å². The molecule has 2 heterocycles. The van der Waals surface area contributed by atoms with Gasteiger partial charge in [0.25, 0.3) is 0 Å². The van der Waals surface area contributed by atoms with Crippen LogP contribution in [0.4, 0.5) is 0 Å². The van der Waals surface area contributed by atoms with Gasteiger partial charge in [-0.1, -0.05) is 0 Å². The van der Waals surface area contributed by atoms with E-state index in [4.69, 9.17) is 5.11 Å². The zero-order valence-electron chi connectivity index (χ0n) is 11.7. The van der Waals surface area contributed by atoms with E-state index < -0.39 is 5.97 Å². The minimum absolute atomic E-state index is 0.00155. The normalized spacial score (nSPS) is 17.1. The Bertz CT molecular complexity index is 476. The van der Waals surface area contributed by atoms with Crippen molar-refractivity contribution in [1.82, 2.24) is 14.8 Å². The van der Waals surface area contributed by atoms with Crippen LogP contribution in [0.3, 0.4) is 0 Å². The molecular formula is C14H21N3O3. The number of carbonyl (C=O) groups is 2. The molecule has 2 N–H and O–H groups in total. The van der Waals surface area contributed by atoms with Gasteiger partial charge in [0, 0.05) is 45.3 Å². The number of nitrogens with one attached hydrogen (secondary N) is 1. The third-order valence-corrected chi connectivity index (χ3v) is 3.75. The number of rotatable bonds is 5. The SMILES string of the molecule is CC(=O)NCCN1CCC(n2cccc2C(=O)O)CC1. The molecule has 1 fully saturated rings. The zero-order valence-corrected chi connectivity index (χ0v) is 11.7. The van der Waals surface area contributed by atoms with E-state index in [0.717, 1.165) is 32.5 Å². The standard InChI is InChI=1S/C14H21N3O3/c1-11(18)15-6-10-16-8-4-12(5-9-16)17-7-2-3-13(17)14(19)20/h2-3,7,12H,4-6,8-10H2,1H3,(H,15,18)(H,19,20). The second-order valence-electron chi connectivity index (χ2n) is 5.16. The van der Waals surface area contributed by atoms with Gasteiger partial charge in [-0.3, -0.25) is 4.79 Å². The van der Waals surface area contributed by atoms with Crippen LogP contribution >= 0.6 is 0 Å². The number of aromatic nitrogens is 1. The summed E-state index contributed by atoms with van der Waals surface area (Å²) >= 11 is 0. The summed E-state index contributed by atoms with van der Waals surface area (Å²) < 4.78 is 1.87. The van der Waals surface area contributed by atoms with Gasteiger partial charge in [-0.15, -0.1) is 0 Å². The number of amides is 1. The Morgan fingerprint density at radius 3 is 2.70 bits per heavy atom. The van der Waals surface area contributed by atoms with E-state index in [-0.39, 0.29) is 11.9 Å². The van der Waals surface area contributed by atoms with Crippen molar-refractivity contribution in [3.05, 3.63) is 24.0 Å². The molecule has 0 saturated carbocycles. The molecule has 1 aromatic heterocycles. The molecule has 6 nitrogen and oxygen atoms in total. The topological polar surface area (TPSA) is 74.6 Å². The van der Waals surface area contributed by atoms with Crippen molar-refractivity contribution < 1.29 is 14.7 Å². The van der Waals surface area contributed by atoms with Gasteiger partial charge >= 0.3 is 5.97 Å². The molecule has 0 bridgehead atoms. The van der Waals surface area contributed by atoms with E-state index in [0.29, 0.717) is 12.2 Å². The van der Waals surface area contributed by atoms with E-state index in [9.17, 15) is 9.59 Å². The summed E-state index contributed by atoms with van der Waals surface area (Å²) in [5.74, 6) is -0.874. The van der Waals surface area contributed by atoms with Gasteiger partial charge in [-0.2, -0.15) is 0 Å². The first-order valence-electron chi connectivity index (χ1n) is 6.95. The molecule has 0 aliphatic carbocycles. The highest BCUT2D eigenvalue weighted by Gasteiger charge is 2.22. The second-order valence-corrected chi connectivity index (χ2v) is 5.16. The van der Waals surface area contributed by atoms with Crippen molar-refractivity contribution in [1.29, 1.82) is 0 Å². The minimum Gasteiger partial charge on any atom is -0.477 e. The Morgan fingerprint density at radius 1 is 1.40 bits per heavy atom. The summed E-state index contributed by atoms with van der Waals surface area (Å²) in [5.41, 5.74) is 0.363. The van der Waals surface area contributed by atoms with E-state index in [1.807, 2.05) is 10.8 Å². The minimum atomic E-state index is -0.872. The number of likely N-dealkylation sites (tertiary alicyclic amines) is 1. The average molecular weight is 279 g/mol. The summed E-state index contributed by atoms with van der Waals surface area (Å²) in [4.78, 5) is 24.2. The number of carboxylic acid groups (broad SMARTS) is 1. The number of piperidine rings is 1. The van der Waals surface area contributed by atoms with Crippen molar-refractivity contribution in [3.8, 4) is 0 Å². The Labute approximate surface area is 118 Å². The highest BCUT2D eigenvalue weighted by Crippen LogP contribution is 2.24. The van der Waals surface area contributed by atoms with Crippen LogP contribution in [0.2, 0.25) is 0 Å².